The quantitative estimate of drug-likeness (QED) is 0.784. The first-order valence-electron chi connectivity index (χ1n) is 8.73. The number of hydrogen-bond donors (Lipinski definition) is 1. The number of piperidine rings is 1. The number of carbonyl (C=O) groups is 1. The van der Waals surface area contributed by atoms with E-state index >= 15 is 0 Å². The fourth-order valence-corrected chi connectivity index (χ4v) is 3.45. The van der Waals surface area contributed by atoms with Gasteiger partial charge in [0, 0.05) is 37.6 Å². The number of aromatic amines is 1. The van der Waals surface area contributed by atoms with Gasteiger partial charge in [0.15, 0.2) is 0 Å². The van der Waals surface area contributed by atoms with Crippen molar-refractivity contribution in [1.82, 2.24) is 24.6 Å². The van der Waals surface area contributed by atoms with Crippen LogP contribution < -0.4 is 4.74 Å². The Morgan fingerprint density at radius 1 is 1.35 bits per heavy atom. The third kappa shape index (κ3) is 3.08. The summed E-state index contributed by atoms with van der Waals surface area (Å²) < 4.78 is 7.06. The van der Waals surface area contributed by atoms with Gasteiger partial charge in [0.2, 0.25) is 0 Å². The van der Waals surface area contributed by atoms with Crippen molar-refractivity contribution in [1.29, 1.82) is 0 Å². The second-order valence-corrected chi connectivity index (χ2v) is 6.41. The Kier molecular flexibility index (Phi) is 4.43. The van der Waals surface area contributed by atoms with Crippen LogP contribution >= 0.6 is 0 Å². The molecule has 0 radical (unpaired) electrons. The lowest BCUT2D eigenvalue weighted by Gasteiger charge is -2.31. The molecule has 4 rings (SSSR count). The van der Waals surface area contributed by atoms with Crippen molar-refractivity contribution in [2.24, 2.45) is 0 Å². The number of nitrogens with one attached hydrogen (secondary N) is 1. The summed E-state index contributed by atoms with van der Waals surface area (Å²) in [6.45, 7) is 1.43. The molecule has 1 aliphatic heterocycles. The normalized spacial score (nSPS) is 17.3. The summed E-state index contributed by atoms with van der Waals surface area (Å²) >= 11 is 0. The number of benzene rings is 1. The van der Waals surface area contributed by atoms with Gasteiger partial charge in [-0.3, -0.25) is 4.79 Å². The maximum absolute atomic E-state index is 12.9. The minimum Gasteiger partial charge on any atom is -0.494 e. The second-order valence-electron chi connectivity index (χ2n) is 6.41. The number of H-pyrrole nitrogens is 1. The van der Waals surface area contributed by atoms with E-state index in [1.54, 1.807) is 30.4 Å². The summed E-state index contributed by atoms with van der Waals surface area (Å²) in [5.41, 5.74) is 1.39. The van der Waals surface area contributed by atoms with Crippen LogP contribution in [-0.2, 0) is 0 Å². The van der Waals surface area contributed by atoms with Crippen molar-refractivity contribution in [2.45, 2.75) is 18.8 Å². The number of para-hydroxylation sites is 2. The highest BCUT2D eigenvalue weighted by Crippen LogP contribution is 2.26. The predicted molar refractivity (Wildman–Crippen MR) is 96.6 cm³/mol. The third-order valence-corrected chi connectivity index (χ3v) is 4.78. The van der Waals surface area contributed by atoms with Crippen LogP contribution in [-0.4, -0.2) is 50.8 Å². The first kappa shape index (κ1) is 16.4. The lowest BCUT2D eigenvalue weighted by atomic mass is 9.97. The highest BCUT2D eigenvalue weighted by Gasteiger charge is 2.27. The predicted octanol–water partition coefficient (Wildman–Crippen LogP) is 2.62. The fraction of sp³-hybridized carbons (Fsp3) is 0.316. The number of carbonyl (C=O) groups excluding carboxylic acids is 1. The summed E-state index contributed by atoms with van der Waals surface area (Å²) in [4.78, 5) is 22.3. The summed E-state index contributed by atoms with van der Waals surface area (Å²) in [5, 5.41) is 4.35. The van der Waals surface area contributed by atoms with Gasteiger partial charge in [-0.1, -0.05) is 12.1 Å². The molecule has 1 fully saturated rings. The average Bonchev–Trinajstić information content (AvgIpc) is 3.39. The maximum Gasteiger partial charge on any atom is 0.257 e. The zero-order chi connectivity index (χ0) is 17.9. The van der Waals surface area contributed by atoms with Gasteiger partial charge in [0.05, 0.1) is 18.9 Å². The standard InChI is InChI=1S/C19H21N5O2/c1-26-17-7-3-2-6-16(17)24-13-15(11-22-24)19(25)23-10-4-5-14(12-23)18-20-8-9-21-18/h2-3,6-9,11,13-14H,4-5,10,12H2,1H3,(H,20,21)/t14-/m1/s1. The van der Waals surface area contributed by atoms with E-state index in [0.29, 0.717) is 17.9 Å². The van der Waals surface area contributed by atoms with E-state index < -0.39 is 0 Å². The van der Waals surface area contributed by atoms with E-state index in [1.807, 2.05) is 35.4 Å². The topological polar surface area (TPSA) is 76.0 Å². The molecule has 2 aromatic heterocycles. The molecule has 3 aromatic rings. The zero-order valence-electron chi connectivity index (χ0n) is 14.6. The van der Waals surface area contributed by atoms with Crippen LogP contribution in [0.4, 0.5) is 0 Å². The number of imidazole rings is 1. The molecule has 0 aliphatic carbocycles. The van der Waals surface area contributed by atoms with E-state index in [4.69, 9.17) is 4.74 Å². The van der Waals surface area contributed by atoms with Gasteiger partial charge in [-0.15, -0.1) is 0 Å². The van der Waals surface area contributed by atoms with E-state index in [2.05, 4.69) is 15.1 Å². The highest BCUT2D eigenvalue weighted by atomic mass is 16.5. The number of likely N-dealkylation sites (tertiary alicyclic amines) is 1. The van der Waals surface area contributed by atoms with E-state index in [1.165, 1.54) is 0 Å². The molecular formula is C19H21N5O2. The Morgan fingerprint density at radius 2 is 2.23 bits per heavy atom. The van der Waals surface area contributed by atoms with Gasteiger partial charge < -0.3 is 14.6 Å². The molecule has 1 amide bonds. The Morgan fingerprint density at radius 3 is 3.04 bits per heavy atom. The van der Waals surface area contributed by atoms with Crippen molar-refractivity contribution in [3.63, 3.8) is 0 Å². The Labute approximate surface area is 151 Å². The van der Waals surface area contributed by atoms with Gasteiger partial charge >= 0.3 is 0 Å². The zero-order valence-corrected chi connectivity index (χ0v) is 14.6. The van der Waals surface area contributed by atoms with Gasteiger partial charge in [-0.25, -0.2) is 9.67 Å². The second kappa shape index (κ2) is 7.03. The van der Waals surface area contributed by atoms with Gasteiger partial charge in [0.25, 0.3) is 5.91 Å². The van der Waals surface area contributed by atoms with Crippen LogP contribution in [0.3, 0.4) is 0 Å². The van der Waals surface area contributed by atoms with E-state index in [-0.39, 0.29) is 11.8 Å². The van der Waals surface area contributed by atoms with Crippen molar-refractivity contribution in [3.05, 3.63) is 60.4 Å². The monoisotopic (exact) mass is 351 g/mol. The number of hydrogen-bond acceptors (Lipinski definition) is 4. The van der Waals surface area contributed by atoms with Crippen molar-refractivity contribution in [3.8, 4) is 11.4 Å². The van der Waals surface area contributed by atoms with Gasteiger partial charge in [-0.05, 0) is 25.0 Å². The number of methoxy groups -OCH3 is 1. The molecule has 1 atom stereocenters. The number of nitrogens with zero attached hydrogens (tertiary/aromatic N) is 4. The minimum atomic E-state index is 0.00223. The molecule has 7 heteroatoms. The van der Waals surface area contributed by atoms with Crippen LogP contribution in [0.2, 0.25) is 0 Å². The highest BCUT2D eigenvalue weighted by molar-refractivity contribution is 5.94. The summed E-state index contributed by atoms with van der Waals surface area (Å²) in [5.74, 6) is 1.92. The maximum atomic E-state index is 12.9. The van der Waals surface area contributed by atoms with Gasteiger partial charge in [0.1, 0.15) is 17.3 Å². The SMILES string of the molecule is COc1ccccc1-n1cc(C(=O)N2CCC[C@@H](c3ncc[nH]3)C2)cn1. The number of ether oxygens (including phenoxy) is 1. The Hall–Kier alpha value is -3.09. The fourth-order valence-electron chi connectivity index (χ4n) is 3.45. The molecule has 1 aliphatic rings. The lowest BCUT2D eigenvalue weighted by Crippen LogP contribution is -2.39. The summed E-state index contributed by atoms with van der Waals surface area (Å²) in [7, 11) is 1.62. The van der Waals surface area contributed by atoms with Crippen LogP contribution in [0.1, 0.15) is 34.9 Å². The number of rotatable bonds is 4. The average molecular weight is 351 g/mol. The lowest BCUT2D eigenvalue weighted by molar-refractivity contribution is 0.0705. The molecule has 0 saturated carbocycles. The van der Waals surface area contributed by atoms with Gasteiger partial charge in [-0.2, -0.15) is 5.10 Å². The van der Waals surface area contributed by atoms with Crippen molar-refractivity contribution >= 4 is 5.91 Å². The molecule has 1 N–H and O–H groups in total. The molecule has 0 unspecified atom stereocenters. The van der Waals surface area contributed by atoms with E-state index in [9.17, 15) is 4.79 Å². The van der Waals surface area contributed by atoms with Crippen LogP contribution in [0.25, 0.3) is 5.69 Å². The molecule has 1 saturated heterocycles. The molecule has 7 nitrogen and oxygen atoms in total. The minimum absolute atomic E-state index is 0.00223. The molecule has 134 valence electrons. The molecule has 1 aromatic carbocycles. The molecule has 3 heterocycles. The number of aromatic nitrogens is 4. The van der Waals surface area contributed by atoms with Crippen molar-refractivity contribution < 1.29 is 9.53 Å². The first-order chi connectivity index (χ1) is 12.8. The largest absolute Gasteiger partial charge is 0.494 e. The molecule has 26 heavy (non-hydrogen) atoms. The smallest absolute Gasteiger partial charge is 0.257 e. The first-order valence-corrected chi connectivity index (χ1v) is 8.73. The van der Waals surface area contributed by atoms with Crippen LogP contribution in [0.5, 0.6) is 5.75 Å². The number of amides is 1. The third-order valence-electron chi connectivity index (χ3n) is 4.78. The summed E-state index contributed by atoms with van der Waals surface area (Å²) in [6.07, 6.45) is 8.97. The Bertz CT molecular complexity index is 887. The molecule has 0 bridgehead atoms. The Balaban J connectivity index is 1.53. The summed E-state index contributed by atoms with van der Waals surface area (Å²) in [6, 6.07) is 7.60. The van der Waals surface area contributed by atoms with E-state index in [0.717, 1.165) is 30.9 Å². The molecule has 0 spiro atoms. The molecular weight excluding hydrogens is 330 g/mol. The van der Waals surface area contributed by atoms with Crippen LogP contribution in [0.15, 0.2) is 49.1 Å². The van der Waals surface area contributed by atoms with Crippen LogP contribution in [0, 0.1) is 0 Å². The van der Waals surface area contributed by atoms with Crippen molar-refractivity contribution in [2.75, 3.05) is 20.2 Å².